The summed E-state index contributed by atoms with van der Waals surface area (Å²) in [6.45, 7) is -1.16. The fourth-order valence-electron chi connectivity index (χ4n) is 4.55. The second-order valence-electron chi connectivity index (χ2n) is 9.27. The third kappa shape index (κ3) is 5.34. The van der Waals surface area contributed by atoms with Crippen molar-refractivity contribution in [2.75, 3.05) is 6.54 Å². The number of aromatic nitrogens is 5. The van der Waals surface area contributed by atoms with Crippen LogP contribution in [0, 0.1) is 11.8 Å². The number of pyridine rings is 1. The van der Waals surface area contributed by atoms with E-state index in [1.807, 2.05) is 0 Å². The zero-order valence-electron chi connectivity index (χ0n) is 19.8. The minimum Gasteiger partial charge on any atom is -0.342 e. The lowest BCUT2D eigenvalue weighted by Crippen LogP contribution is -2.48. The van der Waals surface area contributed by atoms with Gasteiger partial charge in [-0.25, -0.2) is 27.2 Å². The van der Waals surface area contributed by atoms with Crippen LogP contribution in [0.4, 0.5) is 22.0 Å². The van der Waals surface area contributed by atoms with Crippen LogP contribution in [0.3, 0.4) is 0 Å². The molecule has 1 N–H and O–H groups in total. The molecular weight excluding hydrogens is 513 g/mol. The molecule has 3 heterocycles. The van der Waals surface area contributed by atoms with E-state index >= 15 is 0 Å². The van der Waals surface area contributed by atoms with E-state index in [0.29, 0.717) is 15.8 Å². The SMILES string of the molecule is O=C(NC(c1ccc(F)cc1)c1ccc(C2CC2)c(F)n1)[C@@H]1C[C@@H](F)CN1C(=O)Cn1nnnc1C(F)F. The summed E-state index contributed by atoms with van der Waals surface area (Å²) in [5.74, 6) is -3.55. The summed E-state index contributed by atoms with van der Waals surface area (Å²) in [5.41, 5.74) is 0.986. The zero-order valence-corrected chi connectivity index (χ0v) is 19.8. The second-order valence-corrected chi connectivity index (χ2v) is 9.27. The van der Waals surface area contributed by atoms with Crippen molar-refractivity contribution < 1.29 is 31.5 Å². The van der Waals surface area contributed by atoms with Crippen LogP contribution in [0.5, 0.6) is 0 Å². The summed E-state index contributed by atoms with van der Waals surface area (Å²) < 4.78 is 69.5. The van der Waals surface area contributed by atoms with Crippen molar-refractivity contribution >= 4 is 11.8 Å². The number of carbonyl (C=O) groups is 2. The van der Waals surface area contributed by atoms with Crippen molar-refractivity contribution in [2.45, 2.75) is 56.4 Å². The van der Waals surface area contributed by atoms with E-state index in [0.717, 1.165) is 17.7 Å². The Balaban J connectivity index is 1.39. The van der Waals surface area contributed by atoms with Gasteiger partial charge in [0.05, 0.1) is 18.3 Å². The maximum atomic E-state index is 14.8. The number of rotatable bonds is 8. The molecule has 2 amide bonds. The van der Waals surface area contributed by atoms with Crippen molar-refractivity contribution in [3.05, 3.63) is 70.8 Å². The number of nitrogens with one attached hydrogen (secondary N) is 1. The number of benzene rings is 1. The molecule has 200 valence electrons. The third-order valence-electron chi connectivity index (χ3n) is 6.61. The van der Waals surface area contributed by atoms with Gasteiger partial charge in [-0.2, -0.15) is 4.39 Å². The number of amides is 2. The third-order valence-corrected chi connectivity index (χ3v) is 6.61. The molecule has 2 fully saturated rings. The number of nitrogens with zero attached hydrogens (tertiary/aromatic N) is 6. The Kier molecular flexibility index (Phi) is 7.04. The second kappa shape index (κ2) is 10.4. The molecule has 0 spiro atoms. The van der Waals surface area contributed by atoms with Crippen LogP contribution < -0.4 is 5.32 Å². The van der Waals surface area contributed by atoms with Gasteiger partial charge in [0.15, 0.2) is 0 Å². The topological polar surface area (TPSA) is 106 Å². The van der Waals surface area contributed by atoms with Crippen LogP contribution in [0.15, 0.2) is 36.4 Å². The molecular formula is C24H22F5N7O2. The van der Waals surface area contributed by atoms with E-state index < -0.39 is 67.2 Å². The first-order valence-electron chi connectivity index (χ1n) is 11.9. The Hall–Kier alpha value is -3.97. The predicted molar refractivity (Wildman–Crippen MR) is 120 cm³/mol. The van der Waals surface area contributed by atoms with E-state index in [9.17, 15) is 31.5 Å². The number of carbonyl (C=O) groups excluding carboxylic acids is 2. The summed E-state index contributed by atoms with van der Waals surface area (Å²) in [4.78, 5) is 31.2. The summed E-state index contributed by atoms with van der Waals surface area (Å²) in [6, 6.07) is 5.95. The number of hydrogen-bond donors (Lipinski definition) is 1. The number of halogens is 5. The largest absolute Gasteiger partial charge is 0.342 e. The number of alkyl halides is 3. The molecule has 2 aromatic heterocycles. The average Bonchev–Trinajstić information content (AvgIpc) is 3.48. The van der Waals surface area contributed by atoms with Gasteiger partial charge < -0.3 is 10.2 Å². The fraction of sp³-hybridized carbons (Fsp3) is 0.417. The number of likely N-dealkylation sites (tertiary alicyclic amines) is 1. The van der Waals surface area contributed by atoms with E-state index in [2.05, 4.69) is 25.8 Å². The standard InChI is InChI=1S/C24H22F5N7O2/c25-14-5-3-13(4-6-14)20(17-8-7-16(12-1-2-12)22(29)30-17)31-24(38)18-9-15(26)10-35(18)19(37)11-36-23(21(27)28)32-33-34-36/h3-8,12,15,18,20-21H,1-2,9-11H2,(H,31,38)/t15-,18+,20?/m1/s1. The number of tetrazole rings is 1. The highest BCUT2D eigenvalue weighted by atomic mass is 19.3. The molecule has 1 aromatic carbocycles. The molecule has 2 aliphatic rings. The van der Waals surface area contributed by atoms with Gasteiger partial charge in [0.25, 0.3) is 6.43 Å². The van der Waals surface area contributed by atoms with Crippen molar-refractivity contribution in [3.8, 4) is 0 Å². The lowest BCUT2D eigenvalue weighted by atomic mass is 10.0. The van der Waals surface area contributed by atoms with Gasteiger partial charge in [-0.1, -0.05) is 18.2 Å². The average molecular weight is 535 g/mol. The molecule has 0 bridgehead atoms. The quantitative estimate of drug-likeness (QED) is 0.351. The minimum absolute atomic E-state index is 0.0979. The smallest absolute Gasteiger partial charge is 0.298 e. The highest BCUT2D eigenvalue weighted by molar-refractivity contribution is 5.88. The Labute approximate surface area is 213 Å². The predicted octanol–water partition coefficient (Wildman–Crippen LogP) is 3.01. The first-order chi connectivity index (χ1) is 18.2. The lowest BCUT2D eigenvalue weighted by molar-refractivity contribution is -0.139. The molecule has 3 aromatic rings. The van der Waals surface area contributed by atoms with Crippen LogP contribution in [0.1, 0.15) is 60.3 Å². The molecule has 1 aliphatic carbocycles. The Morgan fingerprint density at radius 3 is 2.47 bits per heavy atom. The zero-order chi connectivity index (χ0) is 27.0. The summed E-state index contributed by atoms with van der Waals surface area (Å²) in [5, 5.41) is 12.3. The van der Waals surface area contributed by atoms with Crippen molar-refractivity contribution in [1.82, 2.24) is 35.4 Å². The van der Waals surface area contributed by atoms with Crippen molar-refractivity contribution in [2.24, 2.45) is 0 Å². The molecule has 1 unspecified atom stereocenters. The van der Waals surface area contributed by atoms with Crippen molar-refractivity contribution in [3.63, 3.8) is 0 Å². The minimum atomic E-state index is -3.04. The van der Waals surface area contributed by atoms with Gasteiger partial charge in [0.1, 0.15) is 24.6 Å². The van der Waals surface area contributed by atoms with Gasteiger partial charge >= 0.3 is 0 Å². The number of hydrogen-bond acceptors (Lipinski definition) is 6. The first kappa shape index (κ1) is 25.7. The molecule has 5 rings (SSSR count). The van der Waals surface area contributed by atoms with Gasteiger partial charge in [-0.15, -0.1) is 5.10 Å². The maximum absolute atomic E-state index is 14.8. The highest BCUT2D eigenvalue weighted by Crippen LogP contribution is 2.41. The molecule has 1 aliphatic heterocycles. The molecule has 3 atom stereocenters. The van der Waals surface area contributed by atoms with E-state index in [4.69, 9.17) is 0 Å². The molecule has 1 saturated heterocycles. The summed E-state index contributed by atoms with van der Waals surface area (Å²) in [7, 11) is 0. The lowest BCUT2D eigenvalue weighted by Gasteiger charge is -2.26. The maximum Gasteiger partial charge on any atom is 0.298 e. The van der Waals surface area contributed by atoms with Gasteiger partial charge in [0, 0.05) is 12.0 Å². The van der Waals surface area contributed by atoms with Gasteiger partial charge in [-0.3, -0.25) is 9.59 Å². The van der Waals surface area contributed by atoms with Crippen LogP contribution in [0.25, 0.3) is 0 Å². The van der Waals surface area contributed by atoms with E-state index in [-0.39, 0.29) is 18.0 Å². The summed E-state index contributed by atoms with van der Waals surface area (Å²) >= 11 is 0. The fourth-order valence-corrected chi connectivity index (χ4v) is 4.55. The van der Waals surface area contributed by atoms with Crippen molar-refractivity contribution in [1.29, 1.82) is 0 Å². The Morgan fingerprint density at radius 1 is 1.08 bits per heavy atom. The molecule has 9 nitrogen and oxygen atoms in total. The van der Waals surface area contributed by atoms with Gasteiger partial charge in [0.2, 0.25) is 23.6 Å². The monoisotopic (exact) mass is 535 g/mol. The molecule has 1 saturated carbocycles. The molecule has 14 heteroatoms. The van der Waals surface area contributed by atoms with E-state index in [1.54, 1.807) is 12.1 Å². The Morgan fingerprint density at radius 2 is 1.82 bits per heavy atom. The van der Waals surface area contributed by atoms with Crippen LogP contribution in [0.2, 0.25) is 0 Å². The van der Waals surface area contributed by atoms with Crippen LogP contribution in [-0.2, 0) is 16.1 Å². The molecule has 38 heavy (non-hydrogen) atoms. The first-order valence-corrected chi connectivity index (χ1v) is 11.9. The van der Waals surface area contributed by atoms with Crippen LogP contribution >= 0.6 is 0 Å². The summed E-state index contributed by atoms with van der Waals surface area (Å²) in [6.07, 6.45) is -3.21. The van der Waals surface area contributed by atoms with Crippen LogP contribution in [-0.4, -0.2) is 60.7 Å². The normalized spacial score (nSPS) is 20.1. The Bertz CT molecular complexity index is 1330. The van der Waals surface area contributed by atoms with Gasteiger partial charge in [-0.05, 0) is 52.9 Å². The highest BCUT2D eigenvalue weighted by Gasteiger charge is 2.41. The van der Waals surface area contributed by atoms with E-state index in [1.165, 1.54) is 24.3 Å². The molecule has 0 radical (unpaired) electrons.